The number of rotatable bonds is 7. The lowest BCUT2D eigenvalue weighted by Gasteiger charge is -2.18. The first-order chi connectivity index (χ1) is 12.1. The van der Waals surface area contributed by atoms with Crippen molar-refractivity contribution in [3.8, 4) is 11.8 Å². The lowest BCUT2D eigenvalue weighted by atomic mass is 10.2. The topological polar surface area (TPSA) is 89.2 Å². The number of aromatic hydroxyl groups is 1. The summed E-state index contributed by atoms with van der Waals surface area (Å²) in [5.41, 5.74) is 1.59. The number of carbonyl (C=O) groups is 1. The number of phenolic OH excluding ortho intramolecular Hbond substituents is 1. The average molecular weight is 336 g/mol. The van der Waals surface area contributed by atoms with Crippen molar-refractivity contribution in [3.63, 3.8) is 0 Å². The van der Waals surface area contributed by atoms with E-state index in [1.54, 1.807) is 30.7 Å². The molecule has 1 aromatic carbocycles. The fourth-order valence-electron chi connectivity index (χ4n) is 2.24. The summed E-state index contributed by atoms with van der Waals surface area (Å²) in [5, 5.41) is 21.3. The molecule has 1 amide bonds. The minimum atomic E-state index is -0.504. The number of hydrogen-bond acceptors (Lipinski definition) is 5. The van der Waals surface area contributed by atoms with Crippen LogP contribution in [0.25, 0.3) is 0 Å². The van der Waals surface area contributed by atoms with Gasteiger partial charge in [0.15, 0.2) is 0 Å². The molecule has 25 heavy (non-hydrogen) atoms. The minimum absolute atomic E-state index is 0.0138. The number of hydrogen-bond donors (Lipinski definition) is 2. The highest BCUT2D eigenvalue weighted by Gasteiger charge is 2.11. The van der Waals surface area contributed by atoms with E-state index < -0.39 is 5.91 Å². The van der Waals surface area contributed by atoms with Crippen molar-refractivity contribution in [2.75, 3.05) is 18.4 Å². The smallest absolute Gasteiger partial charge is 0.267 e. The Balaban J connectivity index is 2.03. The van der Waals surface area contributed by atoms with Gasteiger partial charge in [0.05, 0.1) is 0 Å². The molecule has 0 radical (unpaired) electrons. The predicted molar refractivity (Wildman–Crippen MR) is 95.6 cm³/mol. The number of nitrogens with one attached hydrogen (secondary N) is 1. The molecule has 0 saturated heterocycles. The van der Waals surface area contributed by atoms with Crippen molar-refractivity contribution in [1.82, 2.24) is 9.88 Å². The molecular formula is C19H20N4O2. The summed E-state index contributed by atoms with van der Waals surface area (Å²) in [6.07, 6.45) is 5.84. The normalized spacial score (nSPS) is 10.8. The van der Waals surface area contributed by atoms with Crippen molar-refractivity contribution in [2.45, 2.75) is 13.3 Å². The van der Waals surface area contributed by atoms with E-state index >= 15 is 0 Å². The van der Waals surface area contributed by atoms with Gasteiger partial charge in [-0.2, -0.15) is 5.26 Å². The van der Waals surface area contributed by atoms with Gasteiger partial charge in [0.25, 0.3) is 5.91 Å². The van der Waals surface area contributed by atoms with E-state index in [4.69, 9.17) is 0 Å². The van der Waals surface area contributed by atoms with Crippen LogP contribution in [0.1, 0.15) is 12.5 Å². The molecule has 0 saturated carbocycles. The Kier molecular flexibility index (Phi) is 6.55. The number of carbonyl (C=O) groups excluding carboxylic acids is 1. The fourth-order valence-corrected chi connectivity index (χ4v) is 2.24. The number of nitriles is 1. The number of pyridine rings is 1. The second kappa shape index (κ2) is 9.08. The second-order valence-corrected chi connectivity index (χ2v) is 5.39. The molecule has 1 heterocycles. The Morgan fingerprint density at radius 3 is 2.76 bits per heavy atom. The third kappa shape index (κ3) is 5.66. The standard InChI is InChI=1S/C19H20N4O2/c1-2-23(11-8-15-6-9-21-10-7-15)14-16(13-20)19(25)22-17-4-3-5-18(24)12-17/h3-7,9-10,12,14,24H,2,8,11H2,1H3,(H,22,25)/b16-14-. The largest absolute Gasteiger partial charge is 0.508 e. The van der Waals surface area contributed by atoms with Crippen LogP contribution in [0.2, 0.25) is 0 Å². The number of anilines is 1. The van der Waals surface area contributed by atoms with E-state index in [0.717, 1.165) is 12.0 Å². The summed E-state index contributed by atoms with van der Waals surface area (Å²) < 4.78 is 0. The van der Waals surface area contributed by atoms with Gasteiger partial charge >= 0.3 is 0 Å². The third-order valence-corrected chi connectivity index (χ3v) is 3.62. The van der Waals surface area contributed by atoms with Gasteiger partial charge in [-0.1, -0.05) is 6.07 Å². The highest BCUT2D eigenvalue weighted by Crippen LogP contribution is 2.16. The molecule has 0 aliphatic rings. The van der Waals surface area contributed by atoms with Gasteiger partial charge < -0.3 is 15.3 Å². The van der Waals surface area contributed by atoms with Crippen molar-refractivity contribution in [1.29, 1.82) is 5.26 Å². The molecule has 6 nitrogen and oxygen atoms in total. The molecule has 0 unspecified atom stereocenters. The Hall–Kier alpha value is -3.33. The van der Waals surface area contributed by atoms with Gasteiger partial charge in [0.2, 0.25) is 0 Å². The predicted octanol–water partition coefficient (Wildman–Crippen LogP) is 2.70. The van der Waals surface area contributed by atoms with E-state index in [2.05, 4.69) is 10.3 Å². The highest BCUT2D eigenvalue weighted by atomic mass is 16.3. The zero-order valence-corrected chi connectivity index (χ0v) is 14.0. The monoisotopic (exact) mass is 336 g/mol. The van der Waals surface area contributed by atoms with Crippen LogP contribution in [0.15, 0.2) is 60.6 Å². The lowest BCUT2D eigenvalue weighted by Crippen LogP contribution is -2.23. The highest BCUT2D eigenvalue weighted by molar-refractivity contribution is 6.06. The van der Waals surface area contributed by atoms with E-state index in [0.29, 0.717) is 18.8 Å². The zero-order chi connectivity index (χ0) is 18.1. The van der Waals surface area contributed by atoms with Gasteiger partial charge in [-0.3, -0.25) is 9.78 Å². The molecule has 0 fully saturated rings. The van der Waals surface area contributed by atoms with Crippen molar-refractivity contribution in [3.05, 3.63) is 66.1 Å². The molecule has 0 spiro atoms. The van der Waals surface area contributed by atoms with Gasteiger partial charge in [-0.25, -0.2) is 0 Å². The Labute approximate surface area is 147 Å². The van der Waals surface area contributed by atoms with Gasteiger partial charge in [-0.15, -0.1) is 0 Å². The molecule has 2 aromatic rings. The van der Waals surface area contributed by atoms with Crippen LogP contribution in [0.4, 0.5) is 5.69 Å². The van der Waals surface area contributed by atoms with Crippen molar-refractivity contribution < 1.29 is 9.90 Å². The molecule has 1 aromatic heterocycles. The van der Waals surface area contributed by atoms with Crippen molar-refractivity contribution >= 4 is 11.6 Å². The summed E-state index contributed by atoms with van der Waals surface area (Å²) >= 11 is 0. The Bertz CT molecular complexity index is 782. The minimum Gasteiger partial charge on any atom is -0.508 e. The number of likely N-dealkylation sites (N-methyl/N-ethyl adjacent to an activating group) is 1. The number of nitrogens with zero attached hydrogens (tertiary/aromatic N) is 3. The maximum Gasteiger partial charge on any atom is 0.267 e. The van der Waals surface area contributed by atoms with E-state index in [-0.39, 0.29) is 11.3 Å². The number of phenols is 1. The number of amides is 1. The SMILES string of the molecule is CCN(/C=C(/C#N)C(=O)Nc1cccc(O)c1)CCc1ccncc1. The summed E-state index contributed by atoms with van der Waals surface area (Å²) in [6.45, 7) is 3.33. The number of benzene rings is 1. The number of aromatic nitrogens is 1. The van der Waals surface area contributed by atoms with Crippen LogP contribution in [0.5, 0.6) is 5.75 Å². The molecule has 0 atom stereocenters. The summed E-state index contributed by atoms with van der Waals surface area (Å²) in [5.74, 6) is -0.455. The quantitative estimate of drug-likeness (QED) is 0.599. The van der Waals surface area contributed by atoms with Crippen molar-refractivity contribution in [2.24, 2.45) is 0 Å². The first-order valence-corrected chi connectivity index (χ1v) is 7.97. The summed E-state index contributed by atoms with van der Waals surface area (Å²) in [6, 6.07) is 12.0. The maximum atomic E-state index is 12.3. The first kappa shape index (κ1) is 18.0. The van der Waals surface area contributed by atoms with E-state index in [1.807, 2.05) is 30.0 Å². The van der Waals surface area contributed by atoms with Crippen LogP contribution in [-0.4, -0.2) is 34.0 Å². The van der Waals surface area contributed by atoms with Crippen LogP contribution in [0, 0.1) is 11.3 Å². The fraction of sp³-hybridized carbons (Fsp3) is 0.211. The molecule has 2 N–H and O–H groups in total. The first-order valence-electron chi connectivity index (χ1n) is 7.97. The molecule has 6 heteroatoms. The maximum absolute atomic E-state index is 12.3. The molecule has 0 bridgehead atoms. The Morgan fingerprint density at radius 1 is 1.36 bits per heavy atom. The third-order valence-electron chi connectivity index (χ3n) is 3.62. The molecule has 2 rings (SSSR count). The Morgan fingerprint density at radius 2 is 2.12 bits per heavy atom. The molecule has 128 valence electrons. The average Bonchev–Trinajstić information content (AvgIpc) is 2.63. The van der Waals surface area contributed by atoms with E-state index in [9.17, 15) is 15.2 Å². The summed E-state index contributed by atoms with van der Waals surface area (Å²) in [4.78, 5) is 18.2. The van der Waals surface area contributed by atoms with Crippen LogP contribution in [0.3, 0.4) is 0 Å². The van der Waals surface area contributed by atoms with Gasteiger partial charge in [-0.05, 0) is 43.2 Å². The van der Waals surface area contributed by atoms with Gasteiger partial charge in [0.1, 0.15) is 17.4 Å². The van der Waals surface area contributed by atoms with E-state index in [1.165, 1.54) is 12.1 Å². The zero-order valence-electron chi connectivity index (χ0n) is 14.0. The molecule has 0 aliphatic heterocycles. The van der Waals surface area contributed by atoms with Gasteiger partial charge in [0, 0.05) is 43.4 Å². The molecular weight excluding hydrogens is 316 g/mol. The van der Waals surface area contributed by atoms with Crippen LogP contribution in [-0.2, 0) is 11.2 Å². The summed E-state index contributed by atoms with van der Waals surface area (Å²) in [7, 11) is 0. The molecule has 0 aliphatic carbocycles. The van der Waals surface area contributed by atoms with Crippen LogP contribution >= 0.6 is 0 Å². The second-order valence-electron chi connectivity index (χ2n) is 5.39. The lowest BCUT2D eigenvalue weighted by molar-refractivity contribution is -0.112. The van der Waals surface area contributed by atoms with Crippen LogP contribution < -0.4 is 5.32 Å².